The number of phenols is 2. The smallest absolute Gasteiger partial charge is 0.183 e. The zero-order valence-corrected chi connectivity index (χ0v) is 12.4. The molecule has 22 heavy (non-hydrogen) atoms. The van der Waals surface area contributed by atoms with E-state index < -0.39 is 6.29 Å². The molecule has 0 amide bonds. The van der Waals surface area contributed by atoms with E-state index in [1.165, 1.54) is 32.4 Å². The average Bonchev–Trinajstić information content (AvgIpc) is 2.51. The predicted octanol–water partition coefficient (Wildman–Crippen LogP) is 2.81. The van der Waals surface area contributed by atoms with Crippen LogP contribution in [0.4, 0.5) is 0 Å². The van der Waals surface area contributed by atoms with Crippen molar-refractivity contribution >= 4 is 5.78 Å². The van der Waals surface area contributed by atoms with Crippen LogP contribution in [-0.2, 0) is 15.9 Å². The van der Waals surface area contributed by atoms with Gasteiger partial charge in [-0.25, -0.2) is 0 Å². The molecule has 0 saturated heterocycles. The molecule has 2 rings (SSSR count). The number of hydrogen-bond acceptors (Lipinski definition) is 5. The summed E-state index contributed by atoms with van der Waals surface area (Å²) in [6.45, 7) is 0. The number of hydrogen-bond donors (Lipinski definition) is 2. The van der Waals surface area contributed by atoms with E-state index in [0.717, 1.165) is 11.1 Å². The third kappa shape index (κ3) is 3.63. The Morgan fingerprint density at radius 2 is 1.82 bits per heavy atom. The topological polar surface area (TPSA) is 76.0 Å². The molecule has 0 fully saturated rings. The normalized spacial score (nSPS) is 10.9. The van der Waals surface area contributed by atoms with Crippen molar-refractivity contribution in [1.29, 1.82) is 0 Å². The number of ketones is 1. The van der Waals surface area contributed by atoms with E-state index >= 15 is 0 Å². The fraction of sp³-hybridized carbons (Fsp3) is 0.235. The first-order valence-corrected chi connectivity index (χ1v) is 6.74. The first-order chi connectivity index (χ1) is 10.5. The van der Waals surface area contributed by atoms with Crippen LogP contribution in [0.2, 0.25) is 0 Å². The molecule has 0 saturated carbocycles. The van der Waals surface area contributed by atoms with E-state index in [4.69, 9.17) is 9.47 Å². The van der Waals surface area contributed by atoms with Crippen molar-refractivity contribution in [2.24, 2.45) is 0 Å². The monoisotopic (exact) mass is 302 g/mol. The van der Waals surface area contributed by atoms with Crippen LogP contribution in [0, 0.1) is 0 Å². The zero-order valence-electron chi connectivity index (χ0n) is 12.4. The van der Waals surface area contributed by atoms with Crippen molar-refractivity contribution in [3.05, 3.63) is 59.2 Å². The number of rotatable bonds is 6. The first kappa shape index (κ1) is 16.0. The van der Waals surface area contributed by atoms with Gasteiger partial charge < -0.3 is 19.7 Å². The molecular formula is C17H18O5. The molecule has 5 heteroatoms. The molecule has 2 aromatic rings. The Bertz CT molecular complexity index is 662. The number of benzene rings is 2. The van der Waals surface area contributed by atoms with E-state index in [1.807, 2.05) is 24.3 Å². The lowest BCUT2D eigenvalue weighted by Crippen LogP contribution is -2.07. The van der Waals surface area contributed by atoms with Crippen molar-refractivity contribution in [3.63, 3.8) is 0 Å². The lowest BCUT2D eigenvalue weighted by atomic mass is 10.0. The summed E-state index contributed by atoms with van der Waals surface area (Å²) in [6, 6.07) is 11.2. The molecule has 2 aromatic carbocycles. The summed E-state index contributed by atoms with van der Waals surface area (Å²) in [4.78, 5) is 12.3. The molecule has 0 aliphatic heterocycles. The number of carbonyl (C=O) groups is 1. The Balaban J connectivity index is 2.21. The van der Waals surface area contributed by atoms with Crippen LogP contribution in [0.5, 0.6) is 11.5 Å². The molecule has 2 N–H and O–H groups in total. The Morgan fingerprint density at radius 3 is 2.50 bits per heavy atom. The molecule has 0 aliphatic rings. The molecular weight excluding hydrogens is 284 g/mol. The molecule has 0 aromatic heterocycles. The Kier molecular flexibility index (Phi) is 5.14. The van der Waals surface area contributed by atoms with Crippen LogP contribution in [0.15, 0.2) is 42.5 Å². The minimum absolute atomic E-state index is 0.0614. The average molecular weight is 302 g/mol. The van der Waals surface area contributed by atoms with Crippen LogP contribution in [0.25, 0.3) is 0 Å². The zero-order chi connectivity index (χ0) is 16.1. The van der Waals surface area contributed by atoms with Crippen molar-refractivity contribution < 1.29 is 24.5 Å². The molecule has 0 spiro atoms. The number of ether oxygens (including phenoxy) is 2. The summed E-state index contributed by atoms with van der Waals surface area (Å²) >= 11 is 0. The minimum Gasteiger partial charge on any atom is -0.508 e. The third-order valence-electron chi connectivity index (χ3n) is 3.30. The minimum atomic E-state index is -0.496. The highest BCUT2D eigenvalue weighted by molar-refractivity contribution is 6.00. The van der Waals surface area contributed by atoms with Crippen LogP contribution in [-0.4, -0.2) is 30.2 Å². The summed E-state index contributed by atoms with van der Waals surface area (Å²) in [5, 5.41) is 19.2. The molecule has 0 bridgehead atoms. The molecule has 0 heterocycles. The number of aromatic hydroxyl groups is 2. The van der Waals surface area contributed by atoms with Crippen molar-refractivity contribution in [3.8, 4) is 11.5 Å². The molecule has 0 unspecified atom stereocenters. The highest BCUT2D eigenvalue weighted by Crippen LogP contribution is 2.24. The maximum absolute atomic E-state index is 12.3. The second kappa shape index (κ2) is 7.06. The van der Waals surface area contributed by atoms with Crippen molar-refractivity contribution in [2.75, 3.05) is 14.2 Å². The standard InChI is InChI=1S/C17H18O5/c1-21-17(22-2)12-5-3-4-11(8-12)9-16(20)14-10-13(18)6-7-15(14)19/h3-8,10,17-19H,9H2,1-2H3. The molecule has 0 aliphatic carbocycles. The van der Waals surface area contributed by atoms with Gasteiger partial charge in [-0.1, -0.05) is 24.3 Å². The first-order valence-electron chi connectivity index (χ1n) is 6.74. The van der Waals surface area contributed by atoms with Gasteiger partial charge in [0.05, 0.1) is 5.56 Å². The van der Waals surface area contributed by atoms with Gasteiger partial charge in [-0.05, 0) is 23.8 Å². The quantitative estimate of drug-likeness (QED) is 0.487. The number of carbonyl (C=O) groups excluding carboxylic acids is 1. The SMILES string of the molecule is COC(OC)c1cccc(CC(=O)c2cc(O)ccc2O)c1. The van der Waals surface area contributed by atoms with Crippen LogP contribution < -0.4 is 0 Å². The summed E-state index contributed by atoms with van der Waals surface area (Å²) in [6.07, 6.45) is -0.394. The van der Waals surface area contributed by atoms with Gasteiger partial charge in [0, 0.05) is 26.2 Å². The Labute approximate surface area is 128 Å². The second-order valence-corrected chi connectivity index (χ2v) is 4.85. The highest BCUT2D eigenvalue weighted by Gasteiger charge is 2.14. The van der Waals surface area contributed by atoms with Gasteiger partial charge in [-0.3, -0.25) is 4.79 Å². The van der Waals surface area contributed by atoms with Gasteiger partial charge in [-0.2, -0.15) is 0 Å². The van der Waals surface area contributed by atoms with Gasteiger partial charge in [-0.15, -0.1) is 0 Å². The summed E-state index contributed by atoms with van der Waals surface area (Å²) in [5.74, 6) is -0.490. The van der Waals surface area contributed by atoms with Crippen molar-refractivity contribution in [1.82, 2.24) is 0 Å². The number of Topliss-reactive ketones (excluding diaryl/α,β-unsaturated/α-hetero) is 1. The van der Waals surface area contributed by atoms with E-state index in [2.05, 4.69) is 0 Å². The van der Waals surface area contributed by atoms with E-state index in [9.17, 15) is 15.0 Å². The number of methoxy groups -OCH3 is 2. The van der Waals surface area contributed by atoms with Gasteiger partial charge in [0.25, 0.3) is 0 Å². The largest absolute Gasteiger partial charge is 0.508 e. The van der Waals surface area contributed by atoms with Crippen LogP contribution in [0.1, 0.15) is 27.8 Å². The molecule has 0 atom stereocenters. The summed E-state index contributed by atoms with van der Waals surface area (Å²) < 4.78 is 10.4. The lowest BCUT2D eigenvalue weighted by molar-refractivity contribution is -0.106. The Morgan fingerprint density at radius 1 is 1.09 bits per heavy atom. The number of phenolic OH excluding ortho intramolecular Hbond substituents is 2. The summed E-state index contributed by atoms with van der Waals surface area (Å²) in [7, 11) is 3.08. The second-order valence-electron chi connectivity index (χ2n) is 4.85. The van der Waals surface area contributed by atoms with E-state index in [1.54, 1.807) is 0 Å². The Hall–Kier alpha value is -2.37. The molecule has 0 radical (unpaired) electrons. The maximum atomic E-state index is 12.3. The van der Waals surface area contributed by atoms with E-state index in [-0.39, 0.29) is 29.3 Å². The molecule has 5 nitrogen and oxygen atoms in total. The lowest BCUT2D eigenvalue weighted by Gasteiger charge is -2.14. The maximum Gasteiger partial charge on any atom is 0.183 e. The van der Waals surface area contributed by atoms with Gasteiger partial charge in [0.1, 0.15) is 11.5 Å². The fourth-order valence-electron chi connectivity index (χ4n) is 2.25. The predicted molar refractivity (Wildman–Crippen MR) is 81.0 cm³/mol. The highest BCUT2D eigenvalue weighted by atomic mass is 16.7. The van der Waals surface area contributed by atoms with Gasteiger partial charge in [0.2, 0.25) is 0 Å². The molecule has 116 valence electrons. The van der Waals surface area contributed by atoms with Gasteiger partial charge >= 0.3 is 0 Å². The van der Waals surface area contributed by atoms with Crippen LogP contribution in [0.3, 0.4) is 0 Å². The fourth-order valence-corrected chi connectivity index (χ4v) is 2.25. The third-order valence-corrected chi connectivity index (χ3v) is 3.30. The van der Waals surface area contributed by atoms with E-state index in [0.29, 0.717) is 0 Å². The van der Waals surface area contributed by atoms with Crippen LogP contribution >= 0.6 is 0 Å². The van der Waals surface area contributed by atoms with Gasteiger partial charge in [0.15, 0.2) is 12.1 Å². The summed E-state index contributed by atoms with van der Waals surface area (Å²) in [5.41, 5.74) is 1.67. The van der Waals surface area contributed by atoms with Crippen molar-refractivity contribution in [2.45, 2.75) is 12.7 Å².